The molecule has 0 aliphatic carbocycles. The second kappa shape index (κ2) is 10.8. The van der Waals surface area contributed by atoms with Crippen molar-refractivity contribution < 1.29 is 14.7 Å². The molecule has 1 aliphatic heterocycles. The Bertz CT molecular complexity index is 1000. The van der Waals surface area contributed by atoms with Gasteiger partial charge >= 0.3 is 5.97 Å². The minimum atomic E-state index is -0.997. The predicted octanol–water partition coefficient (Wildman–Crippen LogP) is 6.22. The maximum atomic E-state index is 13.6. The zero-order valence-electron chi connectivity index (χ0n) is 17.9. The Hall–Kier alpha value is -2.55. The zero-order chi connectivity index (χ0) is 23.3. The lowest BCUT2D eigenvalue weighted by atomic mass is 9.74. The molecule has 0 aromatic heterocycles. The van der Waals surface area contributed by atoms with Crippen LogP contribution in [-0.2, 0) is 9.59 Å². The summed E-state index contributed by atoms with van der Waals surface area (Å²) < 4.78 is 0. The van der Waals surface area contributed by atoms with E-state index in [0.717, 1.165) is 11.1 Å². The molecule has 0 bridgehead atoms. The molecule has 3 rings (SSSR count). The normalized spacial score (nSPS) is 21.8. The highest BCUT2D eigenvalue weighted by atomic mass is 35.5. The van der Waals surface area contributed by atoms with Crippen molar-refractivity contribution in [1.29, 1.82) is 5.26 Å². The van der Waals surface area contributed by atoms with Gasteiger partial charge in [-0.25, -0.2) is 0 Å². The van der Waals surface area contributed by atoms with Crippen LogP contribution in [0.5, 0.6) is 0 Å². The maximum absolute atomic E-state index is 13.6. The Labute approximate surface area is 198 Å². The number of likely N-dealkylation sites (tertiary alicyclic amines) is 1. The van der Waals surface area contributed by atoms with Gasteiger partial charge in [0, 0.05) is 34.3 Å². The van der Waals surface area contributed by atoms with Crippen LogP contribution < -0.4 is 0 Å². The Morgan fingerprint density at radius 1 is 1.19 bits per heavy atom. The summed E-state index contributed by atoms with van der Waals surface area (Å²) in [5.41, 5.74) is 1.89. The van der Waals surface area contributed by atoms with Crippen LogP contribution in [0.3, 0.4) is 0 Å². The average molecular weight is 473 g/mol. The zero-order valence-corrected chi connectivity index (χ0v) is 19.4. The smallest absolute Gasteiger partial charge is 0.304 e. The van der Waals surface area contributed by atoms with Gasteiger partial charge < -0.3 is 10.0 Å². The van der Waals surface area contributed by atoms with Gasteiger partial charge in [0.2, 0.25) is 5.91 Å². The lowest BCUT2D eigenvalue weighted by molar-refractivity contribution is -0.152. The van der Waals surface area contributed by atoms with Gasteiger partial charge in [-0.3, -0.25) is 9.59 Å². The van der Waals surface area contributed by atoms with E-state index >= 15 is 0 Å². The fourth-order valence-electron chi connectivity index (χ4n) is 4.75. The highest BCUT2D eigenvalue weighted by Gasteiger charge is 2.45. The third-order valence-corrected chi connectivity index (χ3v) is 6.67. The summed E-state index contributed by atoms with van der Waals surface area (Å²) in [6.07, 6.45) is 1.70. The molecule has 168 valence electrons. The third-order valence-electron chi connectivity index (χ3n) is 6.19. The first-order valence-electron chi connectivity index (χ1n) is 10.8. The number of rotatable bonds is 8. The molecule has 1 amide bonds. The largest absolute Gasteiger partial charge is 0.481 e. The lowest BCUT2D eigenvalue weighted by Gasteiger charge is -2.48. The number of halogens is 2. The van der Waals surface area contributed by atoms with E-state index in [1.807, 2.05) is 42.2 Å². The molecular formula is C25H26Cl2N2O3. The molecule has 1 saturated heterocycles. The molecule has 1 heterocycles. The van der Waals surface area contributed by atoms with E-state index in [1.54, 1.807) is 18.2 Å². The van der Waals surface area contributed by atoms with Crippen LogP contribution in [0.1, 0.15) is 62.1 Å². The van der Waals surface area contributed by atoms with Gasteiger partial charge in [0.1, 0.15) is 0 Å². The molecule has 2 aromatic carbocycles. The van der Waals surface area contributed by atoms with Crippen molar-refractivity contribution in [3.05, 3.63) is 69.7 Å². The number of carbonyl (C=O) groups excluding carboxylic acids is 1. The maximum Gasteiger partial charge on any atom is 0.304 e. The molecule has 1 N–H and O–H groups in total. The molecule has 5 nitrogen and oxygen atoms in total. The minimum absolute atomic E-state index is 0.145. The van der Waals surface area contributed by atoms with E-state index < -0.39 is 11.9 Å². The molecule has 0 saturated carbocycles. The summed E-state index contributed by atoms with van der Waals surface area (Å²) in [6.45, 7) is 1.99. The SMILES string of the molecule is CC[C@@H](CCC#N)N1C(=O)[C@@H](CC(=O)O)CC(c2cccc(Cl)c2)[C@H]1c1ccc(Cl)cc1. The van der Waals surface area contributed by atoms with Gasteiger partial charge in [-0.1, -0.05) is 54.4 Å². The van der Waals surface area contributed by atoms with E-state index in [9.17, 15) is 14.7 Å². The van der Waals surface area contributed by atoms with Gasteiger partial charge in [0.15, 0.2) is 0 Å². The molecule has 0 radical (unpaired) electrons. The number of amides is 1. The highest BCUT2D eigenvalue weighted by Crippen LogP contribution is 2.48. The number of carboxylic acid groups (broad SMARTS) is 1. The average Bonchev–Trinajstić information content (AvgIpc) is 2.76. The van der Waals surface area contributed by atoms with Crippen LogP contribution in [0.25, 0.3) is 0 Å². The Morgan fingerprint density at radius 2 is 1.91 bits per heavy atom. The summed E-state index contributed by atoms with van der Waals surface area (Å²) in [5, 5.41) is 19.8. The van der Waals surface area contributed by atoms with Crippen molar-refractivity contribution in [2.24, 2.45) is 5.92 Å². The Balaban J connectivity index is 2.16. The van der Waals surface area contributed by atoms with Gasteiger partial charge in [0.25, 0.3) is 0 Å². The van der Waals surface area contributed by atoms with Crippen LogP contribution in [0.15, 0.2) is 48.5 Å². The number of nitrogens with zero attached hydrogens (tertiary/aromatic N) is 2. The monoisotopic (exact) mass is 472 g/mol. The molecule has 0 spiro atoms. The van der Waals surface area contributed by atoms with Crippen LogP contribution in [-0.4, -0.2) is 27.9 Å². The first kappa shape index (κ1) is 24.1. The van der Waals surface area contributed by atoms with Crippen LogP contribution in [0.4, 0.5) is 0 Å². The molecule has 7 heteroatoms. The standard InChI is InChI=1S/C25H26Cl2N2O3/c1-2-21(7-4-12-28)29-24(16-8-10-19(26)11-9-16)22(17-5-3-6-20(27)13-17)14-18(25(29)32)15-23(30)31/h3,5-6,8-11,13,18,21-22,24H,2,4,7,14-15H2,1H3,(H,30,31)/t18-,21+,22?,24-/m1/s1. The quantitative estimate of drug-likeness (QED) is 0.493. The molecule has 32 heavy (non-hydrogen) atoms. The summed E-state index contributed by atoms with van der Waals surface area (Å²) in [5.74, 6) is -1.96. The second-order valence-corrected chi connectivity index (χ2v) is 9.07. The first-order chi connectivity index (χ1) is 15.3. The molecule has 4 atom stereocenters. The summed E-state index contributed by atoms with van der Waals surface area (Å²) in [4.78, 5) is 27.1. The number of aliphatic carboxylic acids is 1. The van der Waals surface area contributed by atoms with E-state index in [0.29, 0.717) is 35.7 Å². The Morgan fingerprint density at radius 3 is 2.50 bits per heavy atom. The van der Waals surface area contributed by atoms with Crippen molar-refractivity contribution in [3.63, 3.8) is 0 Å². The number of carboxylic acids is 1. The van der Waals surface area contributed by atoms with Crippen molar-refractivity contribution >= 4 is 35.1 Å². The van der Waals surface area contributed by atoms with E-state index in [-0.39, 0.29) is 30.3 Å². The predicted molar refractivity (Wildman–Crippen MR) is 125 cm³/mol. The molecule has 1 aliphatic rings. The number of nitriles is 1. The van der Waals surface area contributed by atoms with Gasteiger partial charge in [-0.2, -0.15) is 5.26 Å². The number of piperidine rings is 1. The first-order valence-corrected chi connectivity index (χ1v) is 11.5. The van der Waals surface area contributed by atoms with E-state index in [4.69, 9.17) is 28.5 Å². The van der Waals surface area contributed by atoms with E-state index in [1.165, 1.54) is 0 Å². The van der Waals surface area contributed by atoms with Gasteiger partial charge in [-0.05, 0) is 54.7 Å². The molecule has 1 fully saturated rings. The van der Waals surface area contributed by atoms with Gasteiger partial charge in [0.05, 0.1) is 18.5 Å². The number of carbonyl (C=O) groups is 2. The van der Waals surface area contributed by atoms with Crippen LogP contribution in [0.2, 0.25) is 10.0 Å². The summed E-state index contributed by atoms with van der Waals surface area (Å²) in [7, 11) is 0. The summed E-state index contributed by atoms with van der Waals surface area (Å²) in [6, 6.07) is 16.6. The fraction of sp³-hybridized carbons (Fsp3) is 0.400. The lowest BCUT2D eigenvalue weighted by Crippen LogP contribution is -2.52. The van der Waals surface area contributed by atoms with Crippen molar-refractivity contribution in [3.8, 4) is 6.07 Å². The fourth-order valence-corrected chi connectivity index (χ4v) is 5.07. The topological polar surface area (TPSA) is 81.4 Å². The molecular weight excluding hydrogens is 447 g/mol. The highest BCUT2D eigenvalue weighted by molar-refractivity contribution is 6.30. The molecule has 2 aromatic rings. The van der Waals surface area contributed by atoms with Crippen molar-refractivity contribution in [1.82, 2.24) is 4.90 Å². The van der Waals surface area contributed by atoms with Crippen LogP contribution >= 0.6 is 23.2 Å². The van der Waals surface area contributed by atoms with Crippen molar-refractivity contribution in [2.45, 2.75) is 57.0 Å². The minimum Gasteiger partial charge on any atom is -0.481 e. The number of hydrogen-bond acceptors (Lipinski definition) is 3. The summed E-state index contributed by atoms with van der Waals surface area (Å²) >= 11 is 12.4. The number of benzene rings is 2. The van der Waals surface area contributed by atoms with E-state index in [2.05, 4.69) is 6.07 Å². The van der Waals surface area contributed by atoms with Gasteiger partial charge in [-0.15, -0.1) is 0 Å². The van der Waals surface area contributed by atoms with Crippen molar-refractivity contribution in [2.75, 3.05) is 0 Å². The number of hydrogen-bond donors (Lipinski definition) is 1. The van der Waals surface area contributed by atoms with Crippen LogP contribution in [0, 0.1) is 17.2 Å². The Kier molecular flexibility index (Phi) is 8.17. The third kappa shape index (κ3) is 5.43. The molecule has 1 unspecified atom stereocenters. The second-order valence-electron chi connectivity index (χ2n) is 8.19.